The molecule has 0 aromatic heterocycles. The molecule has 2 fully saturated rings. The van der Waals surface area contributed by atoms with Crippen LogP contribution in [0.4, 0.5) is 10.5 Å². The number of urea groups is 1. The van der Waals surface area contributed by atoms with E-state index in [0.29, 0.717) is 16.1 Å². The highest BCUT2D eigenvalue weighted by Gasteiger charge is 2.24. The first-order chi connectivity index (χ1) is 14.8. The Morgan fingerprint density at radius 2 is 1.75 bits per heavy atom. The molecule has 1 saturated carbocycles. The van der Waals surface area contributed by atoms with E-state index in [0.717, 1.165) is 57.2 Å². The van der Waals surface area contributed by atoms with Crippen molar-refractivity contribution < 1.29 is 14.7 Å². The first-order valence-corrected chi connectivity index (χ1v) is 11.6. The molecule has 1 aliphatic carbocycles. The molecule has 10 heteroatoms. The molecule has 2 N–H and O–H groups in total. The number of nitrogens with one attached hydrogen (secondary N) is 1. The number of carbonyl (C=O) groups excluding carboxylic acids is 1. The van der Waals surface area contributed by atoms with Crippen molar-refractivity contribution in [2.75, 3.05) is 51.7 Å². The van der Waals surface area contributed by atoms with Gasteiger partial charge in [-0.1, -0.05) is 29.3 Å². The first-order valence-electron chi connectivity index (χ1n) is 10.8. The third-order valence-corrected chi connectivity index (χ3v) is 6.89. The van der Waals surface area contributed by atoms with Gasteiger partial charge in [0, 0.05) is 46.3 Å². The summed E-state index contributed by atoms with van der Waals surface area (Å²) in [5.41, 5.74) is 1.05. The molecule has 0 radical (unpaired) electrons. The van der Waals surface area contributed by atoms with Gasteiger partial charge in [0.25, 0.3) is 6.47 Å². The van der Waals surface area contributed by atoms with Crippen LogP contribution in [0.1, 0.15) is 32.1 Å². The van der Waals surface area contributed by atoms with Gasteiger partial charge in [-0.05, 0) is 56.7 Å². The van der Waals surface area contributed by atoms with E-state index in [1.807, 2.05) is 12.1 Å². The zero-order valence-electron chi connectivity index (χ0n) is 18.8. The van der Waals surface area contributed by atoms with E-state index in [1.165, 1.54) is 19.3 Å². The number of hydrogen-bond donors (Lipinski definition) is 2. The lowest BCUT2D eigenvalue weighted by Crippen LogP contribution is -2.47. The van der Waals surface area contributed by atoms with Crippen molar-refractivity contribution in [2.24, 2.45) is 5.92 Å². The predicted molar refractivity (Wildman–Crippen MR) is 134 cm³/mol. The van der Waals surface area contributed by atoms with Gasteiger partial charge < -0.3 is 20.2 Å². The number of carboxylic acid groups (broad SMARTS) is 1. The van der Waals surface area contributed by atoms with Crippen molar-refractivity contribution in [3.05, 3.63) is 28.2 Å². The van der Waals surface area contributed by atoms with Gasteiger partial charge in [-0.25, -0.2) is 4.79 Å². The summed E-state index contributed by atoms with van der Waals surface area (Å²) in [7, 11) is 3.59. The fourth-order valence-corrected chi connectivity index (χ4v) is 4.63. The lowest BCUT2D eigenvalue weighted by molar-refractivity contribution is -0.122. The maximum atomic E-state index is 11.8. The molecule has 1 heterocycles. The van der Waals surface area contributed by atoms with Crippen LogP contribution in [0.2, 0.25) is 10.0 Å². The van der Waals surface area contributed by atoms with Crippen LogP contribution in [0.5, 0.6) is 0 Å². The molecule has 1 saturated heterocycles. The van der Waals surface area contributed by atoms with Crippen LogP contribution >= 0.6 is 35.6 Å². The predicted octanol–water partition coefficient (Wildman–Crippen LogP) is 4.46. The van der Waals surface area contributed by atoms with Gasteiger partial charge in [0.05, 0.1) is 15.7 Å². The van der Waals surface area contributed by atoms with E-state index in [4.69, 9.17) is 33.1 Å². The summed E-state index contributed by atoms with van der Waals surface area (Å²) >= 11 is 12.5. The van der Waals surface area contributed by atoms with Crippen molar-refractivity contribution in [2.45, 2.75) is 38.1 Å². The van der Waals surface area contributed by atoms with Gasteiger partial charge in [-0.3, -0.25) is 9.69 Å². The van der Waals surface area contributed by atoms with Crippen LogP contribution in [0.3, 0.4) is 0 Å². The molecule has 1 aliphatic heterocycles. The van der Waals surface area contributed by atoms with Crippen molar-refractivity contribution in [1.82, 2.24) is 15.1 Å². The minimum absolute atomic E-state index is 0. The van der Waals surface area contributed by atoms with Gasteiger partial charge in [0.15, 0.2) is 0 Å². The summed E-state index contributed by atoms with van der Waals surface area (Å²) in [6, 6.07) is 6.23. The number of benzene rings is 1. The molecule has 0 bridgehead atoms. The Bertz CT molecular complexity index is 708. The summed E-state index contributed by atoms with van der Waals surface area (Å²) in [5.74, 6) is 0.785. The average molecular weight is 510 g/mol. The van der Waals surface area contributed by atoms with Crippen LogP contribution in [0.25, 0.3) is 0 Å². The first kappa shape index (κ1) is 28.6. The second-order valence-electron chi connectivity index (χ2n) is 8.36. The fraction of sp³-hybridized carbons (Fsp3) is 0.636. The molecule has 0 atom stereocenters. The molecule has 1 aromatic rings. The fourth-order valence-electron chi connectivity index (χ4n) is 4.21. The standard InChI is InChI=1S/C21H32Cl2N4O.CH2O2.ClH/c1-25(2)21(28)24-17-8-6-16(7-9-17)10-11-26-12-14-27(15-13-26)19-5-3-4-18(22)20(19)23;2-1-3;/h3-5,16-17H,6-15H2,1-2H3,(H,24,28);1H,(H,2,3);1H. The molecule has 2 aliphatic rings. The number of hydrogen-bond acceptors (Lipinski definition) is 4. The highest BCUT2D eigenvalue weighted by molar-refractivity contribution is 6.43. The lowest BCUT2D eigenvalue weighted by atomic mass is 9.84. The quantitative estimate of drug-likeness (QED) is 0.573. The average Bonchev–Trinajstić information content (AvgIpc) is 2.76. The summed E-state index contributed by atoms with van der Waals surface area (Å²) in [6.45, 7) is 5.03. The lowest BCUT2D eigenvalue weighted by Gasteiger charge is -2.37. The maximum Gasteiger partial charge on any atom is 0.317 e. The number of rotatable bonds is 5. The summed E-state index contributed by atoms with van der Waals surface area (Å²) < 4.78 is 0. The van der Waals surface area contributed by atoms with Crippen molar-refractivity contribution >= 4 is 53.8 Å². The Kier molecular flexibility index (Phi) is 13.1. The Balaban J connectivity index is 0.00000121. The molecule has 1 aromatic carbocycles. The smallest absolute Gasteiger partial charge is 0.317 e. The van der Waals surface area contributed by atoms with E-state index < -0.39 is 0 Å². The normalized spacial score (nSPS) is 20.9. The highest BCUT2D eigenvalue weighted by atomic mass is 35.5. The van der Waals surface area contributed by atoms with Gasteiger partial charge in [0.2, 0.25) is 0 Å². The second-order valence-corrected chi connectivity index (χ2v) is 9.14. The van der Waals surface area contributed by atoms with E-state index in [-0.39, 0.29) is 24.9 Å². The van der Waals surface area contributed by atoms with E-state index in [9.17, 15) is 4.79 Å². The molecule has 32 heavy (non-hydrogen) atoms. The van der Waals surface area contributed by atoms with Crippen LogP contribution < -0.4 is 10.2 Å². The third-order valence-electron chi connectivity index (χ3n) is 6.08. The molecule has 2 amide bonds. The minimum Gasteiger partial charge on any atom is -0.483 e. The highest BCUT2D eigenvalue weighted by Crippen LogP contribution is 2.33. The number of piperazine rings is 1. The summed E-state index contributed by atoms with van der Waals surface area (Å²) in [5, 5.41) is 11.3. The van der Waals surface area contributed by atoms with Crippen LogP contribution in [-0.2, 0) is 4.79 Å². The topological polar surface area (TPSA) is 76.1 Å². The van der Waals surface area contributed by atoms with Gasteiger partial charge >= 0.3 is 6.03 Å². The van der Waals surface area contributed by atoms with Gasteiger partial charge in [-0.15, -0.1) is 12.4 Å². The maximum absolute atomic E-state index is 11.8. The van der Waals surface area contributed by atoms with E-state index >= 15 is 0 Å². The van der Waals surface area contributed by atoms with Crippen molar-refractivity contribution in [1.29, 1.82) is 0 Å². The van der Waals surface area contributed by atoms with Gasteiger partial charge in [-0.2, -0.15) is 0 Å². The van der Waals surface area contributed by atoms with Crippen LogP contribution in [0, 0.1) is 5.92 Å². The van der Waals surface area contributed by atoms with Gasteiger partial charge in [0.1, 0.15) is 0 Å². The summed E-state index contributed by atoms with van der Waals surface area (Å²) in [6.07, 6.45) is 5.90. The Hall–Kier alpha value is -1.41. The Morgan fingerprint density at radius 1 is 1.16 bits per heavy atom. The Morgan fingerprint density at radius 3 is 2.31 bits per heavy atom. The molecule has 0 spiro atoms. The monoisotopic (exact) mass is 508 g/mol. The van der Waals surface area contributed by atoms with Crippen LogP contribution in [0.15, 0.2) is 18.2 Å². The van der Waals surface area contributed by atoms with Crippen molar-refractivity contribution in [3.8, 4) is 0 Å². The van der Waals surface area contributed by atoms with E-state index in [2.05, 4.69) is 21.2 Å². The second kappa shape index (κ2) is 14.7. The molecule has 0 unspecified atom stereocenters. The van der Waals surface area contributed by atoms with E-state index in [1.54, 1.807) is 19.0 Å². The summed E-state index contributed by atoms with van der Waals surface area (Å²) in [4.78, 5) is 26.7. The SMILES string of the molecule is CN(C)C(=O)NC1CCC(CCN2CCN(c3cccc(Cl)c3Cl)CC2)CC1.Cl.O=CO. The zero-order valence-corrected chi connectivity index (χ0v) is 21.1. The number of halogens is 3. The van der Waals surface area contributed by atoms with Crippen LogP contribution in [-0.4, -0.2) is 80.3 Å². The zero-order chi connectivity index (χ0) is 22.8. The number of nitrogens with zero attached hydrogens (tertiary/aromatic N) is 3. The minimum atomic E-state index is -0.250. The molecular formula is C22H35Cl3N4O3. The molecule has 3 rings (SSSR count). The largest absolute Gasteiger partial charge is 0.483 e. The molecule has 7 nitrogen and oxygen atoms in total. The number of anilines is 1. The molecular weight excluding hydrogens is 475 g/mol. The Labute approximate surface area is 207 Å². The number of carbonyl (C=O) groups is 2. The molecule has 182 valence electrons. The number of amides is 2. The van der Waals surface area contributed by atoms with Crippen molar-refractivity contribution in [3.63, 3.8) is 0 Å². The third kappa shape index (κ3) is 8.85.